The molecule has 0 fully saturated rings. The second-order valence-electron chi connectivity index (χ2n) is 5.87. The van der Waals surface area contributed by atoms with E-state index in [1.165, 1.54) is 12.1 Å². The van der Waals surface area contributed by atoms with Crippen molar-refractivity contribution in [3.63, 3.8) is 0 Å². The minimum Gasteiger partial charge on any atom is -0.354 e. The smallest absolute Gasteiger partial charge is 0.240 e. The summed E-state index contributed by atoms with van der Waals surface area (Å²) in [5, 5.41) is 3.03. The van der Waals surface area contributed by atoms with Crippen molar-refractivity contribution in [2.45, 2.75) is 17.9 Å². The fraction of sp³-hybridized carbons (Fsp3) is 0.278. The molecule has 2 atom stereocenters. The van der Waals surface area contributed by atoms with E-state index < -0.39 is 22.0 Å². The Morgan fingerprint density at radius 2 is 1.78 bits per heavy atom. The van der Waals surface area contributed by atoms with Crippen LogP contribution in [0, 0.1) is 5.92 Å². The fourth-order valence-corrected chi connectivity index (χ4v) is 3.71. The highest BCUT2D eigenvalue weighted by atomic mass is 35.5. The predicted octanol–water partition coefficient (Wildman–Crippen LogP) is 2.49. The molecule has 148 valence electrons. The number of carbonyl (C=O) groups excluding carboxylic acids is 1. The Bertz CT molecular complexity index is 848. The summed E-state index contributed by atoms with van der Waals surface area (Å²) in [6.45, 7) is 1.96. The number of sulfonamides is 1. The van der Waals surface area contributed by atoms with E-state index in [1.54, 1.807) is 19.1 Å². The summed E-state index contributed by atoms with van der Waals surface area (Å²) in [6.07, 6.45) is 0. The zero-order valence-electron chi connectivity index (χ0n) is 14.8. The highest BCUT2D eigenvalue weighted by Gasteiger charge is 2.22. The first kappa shape index (κ1) is 23.4. The van der Waals surface area contributed by atoms with E-state index in [0.717, 1.165) is 5.56 Å². The van der Waals surface area contributed by atoms with Crippen LogP contribution in [0.25, 0.3) is 0 Å². The Hall–Kier alpha value is -1.64. The van der Waals surface area contributed by atoms with Gasteiger partial charge in [-0.15, -0.1) is 12.4 Å². The molecule has 0 aliphatic carbocycles. The van der Waals surface area contributed by atoms with Crippen LogP contribution in [0.2, 0.25) is 5.02 Å². The summed E-state index contributed by atoms with van der Waals surface area (Å²) in [7, 11) is -3.67. The molecular weight excluding hydrogens is 409 g/mol. The van der Waals surface area contributed by atoms with E-state index in [1.807, 2.05) is 30.3 Å². The molecule has 0 saturated carbocycles. The Morgan fingerprint density at radius 3 is 2.41 bits per heavy atom. The molecule has 2 aromatic rings. The summed E-state index contributed by atoms with van der Waals surface area (Å²) in [4.78, 5) is 12.3. The van der Waals surface area contributed by atoms with Gasteiger partial charge in [0.2, 0.25) is 15.9 Å². The van der Waals surface area contributed by atoms with Crippen LogP contribution in [0.15, 0.2) is 59.5 Å². The predicted molar refractivity (Wildman–Crippen MR) is 109 cm³/mol. The largest absolute Gasteiger partial charge is 0.354 e. The lowest BCUT2D eigenvalue weighted by molar-refractivity contribution is -0.125. The second kappa shape index (κ2) is 10.6. The summed E-state index contributed by atoms with van der Waals surface area (Å²) >= 11 is 5.81. The molecule has 0 aliphatic rings. The van der Waals surface area contributed by atoms with Gasteiger partial charge in [0, 0.05) is 24.2 Å². The van der Waals surface area contributed by atoms with E-state index >= 15 is 0 Å². The van der Waals surface area contributed by atoms with Gasteiger partial charge >= 0.3 is 0 Å². The minimum absolute atomic E-state index is 0. The van der Waals surface area contributed by atoms with Gasteiger partial charge in [0.25, 0.3) is 0 Å². The lowest BCUT2D eigenvalue weighted by Gasteiger charge is -2.20. The molecule has 1 amide bonds. The van der Waals surface area contributed by atoms with Crippen molar-refractivity contribution in [1.82, 2.24) is 10.0 Å². The average Bonchev–Trinajstić information content (AvgIpc) is 2.64. The molecule has 0 aromatic heterocycles. The summed E-state index contributed by atoms with van der Waals surface area (Å²) in [5.41, 5.74) is 6.99. The van der Waals surface area contributed by atoms with Gasteiger partial charge in [0.1, 0.15) is 0 Å². The van der Waals surface area contributed by atoms with Gasteiger partial charge in [-0.25, -0.2) is 13.1 Å². The highest BCUT2D eigenvalue weighted by Crippen LogP contribution is 2.19. The molecule has 0 heterocycles. The van der Waals surface area contributed by atoms with E-state index in [2.05, 4.69) is 10.0 Å². The van der Waals surface area contributed by atoms with Crippen molar-refractivity contribution in [2.75, 3.05) is 13.1 Å². The number of amides is 1. The van der Waals surface area contributed by atoms with Crippen LogP contribution in [0.5, 0.6) is 0 Å². The monoisotopic (exact) mass is 431 g/mol. The molecule has 6 nitrogen and oxygen atoms in total. The third-order valence-electron chi connectivity index (χ3n) is 3.96. The molecule has 2 rings (SSSR count). The first-order valence-corrected chi connectivity index (χ1v) is 10.0. The lowest BCUT2D eigenvalue weighted by atomic mass is 9.95. The fourth-order valence-electron chi connectivity index (χ4n) is 2.38. The third-order valence-corrected chi connectivity index (χ3v) is 5.65. The second-order valence-corrected chi connectivity index (χ2v) is 8.07. The van der Waals surface area contributed by atoms with Crippen LogP contribution in [0.1, 0.15) is 18.5 Å². The summed E-state index contributed by atoms with van der Waals surface area (Å²) in [6, 6.07) is 14.9. The van der Waals surface area contributed by atoms with Crippen LogP contribution in [0.3, 0.4) is 0 Å². The first-order chi connectivity index (χ1) is 12.3. The van der Waals surface area contributed by atoms with Gasteiger partial charge in [0.15, 0.2) is 0 Å². The van der Waals surface area contributed by atoms with Crippen molar-refractivity contribution >= 4 is 39.9 Å². The highest BCUT2D eigenvalue weighted by molar-refractivity contribution is 7.89. The maximum atomic E-state index is 12.2. The number of nitrogens with one attached hydrogen (secondary N) is 2. The van der Waals surface area contributed by atoms with Gasteiger partial charge in [-0.05, 0) is 23.8 Å². The van der Waals surface area contributed by atoms with Crippen LogP contribution >= 0.6 is 24.0 Å². The number of hydrogen-bond donors (Lipinski definition) is 3. The number of rotatable bonds is 8. The number of benzene rings is 2. The molecule has 0 aliphatic heterocycles. The van der Waals surface area contributed by atoms with Gasteiger partial charge in [0.05, 0.1) is 10.8 Å². The summed E-state index contributed by atoms with van der Waals surface area (Å²) in [5.74, 6) is -0.676. The number of hydrogen-bond acceptors (Lipinski definition) is 4. The van der Waals surface area contributed by atoms with Crippen LogP contribution < -0.4 is 15.8 Å². The molecule has 0 saturated heterocycles. The van der Waals surface area contributed by atoms with E-state index in [-0.39, 0.29) is 36.3 Å². The molecule has 2 aromatic carbocycles. The average molecular weight is 432 g/mol. The third kappa shape index (κ3) is 6.79. The molecular formula is C18H23Cl2N3O3S. The first-order valence-electron chi connectivity index (χ1n) is 8.15. The van der Waals surface area contributed by atoms with E-state index in [0.29, 0.717) is 5.02 Å². The maximum absolute atomic E-state index is 12.2. The molecule has 0 spiro atoms. The molecule has 0 radical (unpaired) electrons. The van der Waals surface area contributed by atoms with Crippen molar-refractivity contribution in [3.05, 3.63) is 65.2 Å². The van der Waals surface area contributed by atoms with Crippen LogP contribution in [-0.2, 0) is 14.8 Å². The Morgan fingerprint density at radius 1 is 1.11 bits per heavy atom. The zero-order chi connectivity index (χ0) is 19.2. The van der Waals surface area contributed by atoms with Gasteiger partial charge < -0.3 is 11.1 Å². The Kier molecular flexibility index (Phi) is 9.21. The zero-order valence-corrected chi connectivity index (χ0v) is 17.2. The quantitative estimate of drug-likeness (QED) is 0.558. The van der Waals surface area contributed by atoms with Crippen molar-refractivity contribution < 1.29 is 13.2 Å². The molecule has 27 heavy (non-hydrogen) atoms. The topological polar surface area (TPSA) is 101 Å². The van der Waals surface area contributed by atoms with E-state index in [4.69, 9.17) is 17.3 Å². The molecule has 9 heteroatoms. The molecule has 4 N–H and O–H groups in total. The normalized spacial score (nSPS) is 13.3. The van der Waals surface area contributed by atoms with Gasteiger partial charge in [-0.2, -0.15) is 0 Å². The molecule has 2 unspecified atom stereocenters. The summed E-state index contributed by atoms with van der Waals surface area (Å²) < 4.78 is 26.7. The van der Waals surface area contributed by atoms with Crippen LogP contribution in [-0.4, -0.2) is 27.4 Å². The number of halogens is 2. The molecule has 0 bridgehead atoms. The number of carbonyl (C=O) groups is 1. The standard InChI is InChI=1S/C18H22ClN3O3S.ClH/c1-13(17(20)14-6-3-2-4-7-14)18(23)21-10-11-22-26(24,25)16-9-5-8-15(19)12-16;/h2-9,12-13,17,22H,10-11,20H2,1H3,(H,21,23);1H. The Balaban J connectivity index is 0.00000364. The van der Waals surface area contributed by atoms with Gasteiger partial charge in [-0.3, -0.25) is 4.79 Å². The number of nitrogens with two attached hydrogens (primary N) is 1. The van der Waals surface area contributed by atoms with Crippen molar-refractivity contribution in [3.8, 4) is 0 Å². The van der Waals surface area contributed by atoms with E-state index in [9.17, 15) is 13.2 Å². The minimum atomic E-state index is -3.67. The SMILES string of the molecule is CC(C(=O)NCCNS(=O)(=O)c1cccc(Cl)c1)C(N)c1ccccc1.Cl. The van der Waals surface area contributed by atoms with Crippen LogP contribution in [0.4, 0.5) is 0 Å². The Labute approximate surface area is 170 Å². The van der Waals surface area contributed by atoms with Gasteiger partial charge in [-0.1, -0.05) is 54.9 Å². The van der Waals surface area contributed by atoms with Crippen molar-refractivity contribution in [1.29, 1.82) is 0 Å². The lowest BCUT2D eigenvalue weighted by Crippen LogP contribution is -2.39. The van der Waals surface area contributed by atoms with Crippen molar-refractivity contribution in [2.24, 2.45) is 11.7 Å². The maximum Gasteiger partial charge on any atom is 0.240 e.